The van der Waals surface area contributed by atoms with E-state index in [9.17, 15) is 4.21 Å². The Labute approximate surface area is 96.1 Å². The normalized spacial score (nSPS) is 15.4. The van der Waals surface area contributed by atoms with Gasteiger partial charge in [0.05, 0.1) is 5.02 Å². The summed E-state index contributed by atoms with van der Waals surface area (Å²) < 4.78 is 11.0. The molecule has 0 amide bonds. The number of nitrogens with one attached hydrogen (secondary N) is 1. The molecule has 14 heavy (non-hydrogen) atoms. The molecular weight excluding hydrogens is 238 g/mol. The van der Waals surface area contributed by atoms with Crippen LogP contribution in [0.3, 0.4) is 0 Å². The maximum atomic E-state index is 11.0. The Morgan fingerprint density at radius 3 is 2.93 bits per heavy atom. The third-order valence-corrected chi connectivity index (χ3v) is 4.50. The van der Waals surface area contributed by atoms with Crippen LogP contribution in [0.25, 0.3) is 0 Å². The molecule has 1 aromatic rings. The number of hydrogen-bond donors (Lipinski definition) is 1. The van der Waals surface area contributed by atoms with Crippen LogP contribution in [0.4, 0.5) is 0 Å². The molecule has 1 rings (SSSR count). The molecular formula is C9H14ClNOS2. The third-order valence-electron chi connectivity index (χ3n) is 1.92. The maximum Gasteiger partial charge on any atom is 0.0516 e. The second-order valence-corrected chi connectivity index (χ2v) is 6.41. The highest BCUT2D eigenvalue weighted by atomic mass is 35.5. The third kappa shape index (κ3) is 4.09. The molecule has 0 saturated heterocycles. The molecule has 0 aliphatic rings. The first-order valence-corrected chi connectivity index (χ1v) is 7.23. The van der Waals surface area contributed by atoms with E-state index < -0.39 is 10.8 Å². The van der Waals surface area contributed by atoms with E-state index in [0.29, 0.717) is 0 Å². The van der Waals surface area contributed by atoms with Crippen LogP contribution in [-0.2, 0) is 17.3 Å². The van der Waals surface area contributed by atoms with Gasteiger partial charge in [-0.3, -0.25) is 4.21 Å². The first kappa shape index (κ1) is 12.2. The summed E-state index contributed by atoms with van der Waals surface area (Å²) in [6.07, 6.45) is 1.73. The summed E-state index contributed by atoms with van der Waals surface area (Å²) in [7, 11) is -0.748. The summed E-state index contributed by atoms with van der Waals surface area (Å²) in [6.45, 7) is 3.56. The van der Waals surface area contributed by atoms with Crippen LogP contribution < -0.4 is 5.32 Å². The first-order chi connectivity index (χ1) is 6.59. The summed E-state index contributed by atoms with van der Waals surface area (Å²) in [5.41, 5.74) is 0. The fourth-order valence-corrected chi connectivity index (χ4v) is 2.36. The molecule has 1 aromatic heterocycles. The van der Waals surface area contributed by atoms with E-state index in [2.05, 4.69) is 5.32 Å². The van der Waals surface area contributed by atoms with E-state index in [1.165, 1.54) is 4.88 Å². The Kier molecular flexibility index (Phi) is 5.09. The lowest BCUT2D eigenvalue weighted by atomic mass is 10.4. The van der Waals surface area contributed by atoms with Crippen LogP contribution in [-0.4, -0.2) is 22.3 Å². The summed E-state index contributed by atoms with van der Waals surface area (Å²) in [6, 6.07) is 1.95. The highest BCUT2D eigenvalue weighted by Gasteiger charge is 2.05. The van der Waals surface area contributed by atoms with Gasteiger partial charge in [0.2, 0.25) is 0 Å². The van der Waals surface area contributed by atoms with Crippen LogP contribution in [0.1, 0.15) is 11.8 Å². The molecule has 0 aromatic carbocycles. The van der Waals surface area contributed by atoms with E-state index in [0.717, 1.165) is 18.1 Å². The second-order valence-electron chi connectivity index (χ2n) is 3.17. The van der Waals surface area contributed by atoms with E-state index in [-0.39, 0.29) is 5.25 Å². The molecule has 2 unspecified atom stereocenters. The number of halogens is 1. The van der Waals surface area contributed by atoms with Gasteiger partial charge in [0.15, 0.2) is 0 Å². The predicted octanol–water partition coefficient (Wildman–Crippen LogP) is 2.26. The largest absolute Gasteiger partial charge is 0.311 e. The first-order valence-electron chi connectivity index (χ1n) is 4.35. The average Bonchev–Trinajstić information content (AvgIpc) is 2.51. The van der Waals surface area contributed by atoms with Crippen LogP contribution >= 0.6 is 22.9 Å². The van der Waals surface area contributed by atoms with Gasteiger partial charge in [0.25, 0.3) is 0 Å². The minimum Gasteiger partial charge on any atom is -0.311 e. The van der Waals surface area contributed by atoms with Gasteiger partial charge in [-0.25, -0.2) is 0 Å². The van der Waals surface area contributed by atoms with Gasteiger partial charge in [0, 0.05) is 45.7 Å². The topological polar surface area (TPSA) is 29.1 Å². The van der Waals surface area contributed by atoms with Gasteiger partial charge < -0.3 is 5.32 Å². The molecule has 0 bridgehead atoms. The van der Waals surface area contributed by atoms with Crippen LogP contribution in [0.15, 0.2) is 11.4 Å². The standard InChI is InChI=1S/C9H14ClNOS2/c1-7(14(2)12)4-11-5-9-3-8(10)6-13-9/h3,6-7,11H,4-5H2,1-2H3. The van der Waals surface area contributed by atoms with E-state index >= 15 is 0 Å². The Bertz CT molecular complexity index is 314. The van der Waals surface area contributed by atoms with Gasteiger partial charge >= 0.3 is 0 Å². The van der Waals surface area contributed by atoms with Crippen LogP contribution in [0, 0.1) is 0 Å². The number of rotatable bonds is 5. The van der Waals surface area contributed by atoms with Crippen molar-refractivity contribution in [2.24, 2.45) is 0 Å². The van der Waals surface area contributed by atoms with Crippen LogP contribution in [0.5, 0.6) is 0 Å². The Hall–Kier alpha value is 0.1000. The minimum absolute atomic E-state index is 0.199. The minimum atomic E-state index is -0.748. The highest BCUT2D eigenvalue weighted by Crippen LogP contribution is 2.18. The lowest BCUT2D eigenvalue weighted by Crippen LogP contribution is -2.26. The summed E-state index contributed by atoms with van der Waals surface area (Å²) in [5, 5.41) is 6.16. The molecule has 80 valence electrons. The smallest absolute Gasteiger partial charge is 0.0516 e. The van der Waals surface area contributed by atoms with Gasteiger partial charge in [0.1, 0.15) is 0 Å². The molecule has 2 nitrogen and oxygen atoms in total. The van der Waals surface area contributed by atoms with Crippen molar-refractivity contribution in [1.29, 1.82) is 0 Å². The Balaban J connectivity index is 2.25. The predicted molar refractivity (Wildman–Crippen MR) is 64.6 cm³/mol. The van der Waals surface area contributed by atoms with E-state index in [1.807, 2.05) is 18.4 Å². The zero-order valence-corrected chi connectivity index (χ0v) is 10.6. The van der Waals surface area contributed by atoms with Crippen molar-refractivity contribution in [2.45, 2.75) is 18.7 Å². The monoisotopic (exact) mass is 251 g/mol. The van der Waals surface area contributed by atoms with Crippen molar-refractivity contribution in [3.05, 3.63) is 21.3 Å². The molecule has 1 N–H and O–H groups in total. The Morgan fingerprint density at radius 2 is 2.43 bits per heavy atom. The molecule has 0 fully saturated rings. The lowest BCUT2D eigenvalue weighted by molar-refractivity contribution is 0.650. The van der Waals surface area contributed by atoms with Gasteiger partial charge in [-0.15, -0.1) is 11.3 Å². The molecule has 2 atom stereocenters. The zero-order valence-electron chi connectivity index (χ0n) is 8.25. The summed E-state index contributed by atoms with van der Waals surface area (Å²) in [5.74, 6) is 0. The SMILES string of the molecule is CC(CNCc1cc(Cl)cs1)S(C)=O. The van der Waals surface area contributed by atoms with E-state index in [4.69, 9.17) is 11.6 Å². The fourth-order valence-electron chi connectivity index (χ4n) is 0.962. The molecule has 0 aliphatic carbocycles. The van der Waals surface area contributed by atoms with Crippen molar-refractivity contribution in [3.63, 3.8) is 0 Å². The fraction of sp³-hybridized carbons (Fsp3) is 0.556. The summed E-state index contributed by atoms with van der Waals surface area (Å²) >= 11 is 7.43. The zero-order chi connectivity index (χ0) is 10.6. The second kappa shape index (κ2) is 5.85. The van der Waals surface area contributed by atoms with Gasteiger partial charge in [-0.2, -0.15) is 0 Å². The number of hydrogen-bond acceptors (Lipinski definition) is 3. The molecule has 0 spiro atoms. The van der Waals surface area contributed by atoms with Gasteiger partial charge in [-0.05, 0) is 13.0 Å². The van der Waals surface area contributed by atoms with Crippen molar-refractivity contribution < 1.29 is 4.21 Å². The maximum absolute atomic E-state index is 11.0. The highest BCUT2D eigenvalue weighted by molar-refractivity contribution is 7.84. The van der Waals surface area contributed by atoms with E-state index in [1.54, 1.807) is 17.6 Å². The average molecular weight is 252 g/mol. The summed E-state index contributed by atoms with van der Waals surface area (Å²) in [4.78, 5) is 1.21. The molecule has 0 aliphatic heterocycles. The van der Waals surface area contributed by atoms with Crippen molar-refractivity contribution >= 4 is 33.7 Å². The molecule has 1 heterocycles. The van der Waals surface area contributed by atoms with Gasteiger partial charge in [-0.1, -0.05) is 11.6 Å². The van der Waals surface area contributed by atoms with Crippen LogP contribution in [0.2, 0.25) is 5.02 Å². The Morgan fingerprint density at radius 1 is 1.71 bits per heavy atom. The molecule has 0 radical (unpaired) electrons. The lowest BCUT2D eigenvalue weighted by Gasteiger charge is -2.08. The van der Waals surface area contributed by atoms with Crippen molar-refractivity contribution in [3.8, 4) is 0 Å². The van der Waals surface area contributed by atoms with Crippen molar-refractivity contribution in [2.75, 3.05) is 12.8 Å². The quantitative estimate of drug-likeness (QED) is 0.870. The number of thiophene rings is 1. The van der Waals surface area contributed by atoms with Crippen molar-refractivity contribution in [1.82, 2.24) is 5.32 Å². The molecule has 5 heteroatoms. The molecule has 0 saturated carbocycles.